The standard InChI is InChI=1S/C6H5FINO2S/c7-4-1-2-5(8)6(3-4)12(9,10)11/h1-3H,(H2,9,10,11). The van der Waals surface area contributed by atoms with Gasteiger partial charge in [0, 0.05) is 3.57 Å². The van der Waals surface area contributed by atoms with Gasteiger partial charge in [-0.3, -0.25) is 0 Å². The van der Waals surface area contributed by atoms with E-state index in [2.05, 4.69) is 0 Å². The van der Waals surface area contributed by atoms with Crippen molar-refractivity contribution in [1.29, 1.82) is 0 Å². The van der Waals surface area contributed by atoms with Crippen molar-refractivity contribution in [3.8, 4) is 0 Å². The Kier molecular flexibility index (Phi) is 2.69. The monoisotopic (exact) mass is 301 g/mol. The van der Waals surface area contributed by atoms with Crippen LogP contribution in [-0.2, 0) is 10.0 Å². The largest absolute Gasteiger partial charge is 0.239 e. The second kappa shape index (κ2) is 3.27. The van der Waals surface area contributed by atoms with Gasteiger partial charge in [0.1, 0.15) is 5.82 Å². The summed E-state index contributed by atoms with van der Waals surface area (Å²) in [5.41, 5.74) is 0. The quantitative estimate of drug-likeness (QED) is 0.789. The Hall–Kier alpha value is -0.210. The van der Waals surface area contributed by atoms with Crippen LogP contribution in [-0.4, -0.2) is 8.42 Å². The number of hydrogen-bond acceptors (Lipinski definition) is 2. The molecule has 1 rings (SSSR count). The molecule has 0 atom stereocenters. The van der Waals surface area contributed by atoms with Gasteiger partial charge in [-0.05, 0) is 40.8 Å². The van der Waals surface area contributed by atoms with Crippen LogP contribution in [0.1, 0.15) is 0 Å². The van der Waals surface area contributed by atoms with E-state index in [1.165, 1.54) is 12.1 Å². The zero-order chi connectivity index (χ0) is 9.35. The molecule has 0 radical (unpaired) electrons. The molecule has 0 fully saturated rings. The Morgan fingerprint density at radius 2 is 2.00 bits per heavy atom. The van der Waals surface area contributed by atoms with Gasteiger partial charge in [0.15, 0.2) is 0 Å². The molecule has 1 aromatic rings. The molecule has 6 heteroatoms. The molecule has 0 aromatic heterocycles. The van der Waals surface area contributed by atoms with Crippen LogP contribution in [0.3, 0.4) is 0 Å². The second-order valence-electron chi connectivity index (χ2n) is 2.12. The summed E-state index contributed by atoms with van der Waals surface area (Å²) in [6.07, 6.45) is 0. The first-order valence-corrected chi connectivity index (χ1v) is 5.51. The summed E-state index contributed by atoms with van der Waals surface area (Å²) in [6, 6.07) is 3.43. The molecular weight excluding hydrogens is 296 g/mol. The fourth-order valence-corrected chi connectivity index (χ4v) is 2.57. The van der Waals surface area contributed by atoms with E-state index in [1.54, 1.807) is 22.6 Å². The van der Waals surface area contributed by atoms with Crippen molar-refractivity contribution in [2.75, 3.05) is 0 Å². The van der Waals surface area contributed by atoms with Crippen LogP contribution < -0.4 is 5.14 Å². The van der Waals surface area contributed by atoms with Crippen LogP contribution in [0.25, 0.3) is 0 Å². The zero-order valence-electron chi connectivity index (χ0n) is 5.79. The average Bonchev–Trinajstić information content (AvgIpc) is 1.92. The summed E-state index contributed by atoms with van der Waals surface area (Å²) >= 11 is 1.78. The van der Waals surface area contributed by atoms with Gasteiger partial charge in [0.25, 0.3) is 0 Å². The maximum absolute atomic E-state index is 12.6. The topological polar surface area (TPSA) is 60.2 Å². The number of halogens is 2. The molecule has 0 spiro atoms. The van der Waals surface area contributed by atoms with Gasteiger partial charge < -0.3 is 0 Å². The first-order valence-electron chi connectivity index (χ1n) is 2.89. The van der Waals surface area contributed by atoms with Crippen LogP contribution in [0.2, 0.25) is 0 Å². The van der Waals surface area contributed by atoms with Gasteiger partial charge in [0.2, 0.25) is 10.0 Å². The number of nitrogens with two attached hydrogens (primary N) is 1. The summed E-state index contributed by atoms with van der Waals surface area (Å²) in [6.45, 7) is 0. The fourth-order valence-electron chi connectivity index (χ4n) is 0.695. The third-order valence-electron chi connectivity index (χ3n) is 1.20. The van der Waals surface area contributed by atoms with E-state index < -0.39 is 15.8 Å². The van der Waals surface area contributed by atoms with Gasteiger partial charge in [-0.1, -0.05) is 0 Å². The highest BCUT2D eigenvalue weighted by Crippen LogP contribution is 2.17. The van der Waals surface area contributed by atoms with E-state index in [0.29, 0.717) is 3.57 Å². The van der Waals surface area contributed by atoms with E-state index in [4.69, 9.17) is 5.14 Å². The molecule has 0 aliphatic rings. The van der Waals surface area contributed by atoms with Crippen molar-refractivity contribution < 1.29 is 12.8 Å². The number of sulfonamides is 1. The summed E-state index contributed by atoms with van der Waals surface area (Å²) < 4.78 is 34.6. The van der Waals surface area contributed by atoms with Gasteiger partial charge in [-0.2, -0.15) is 0 Å². The van der Waals surface area contributed by atoms with Crippen LogP contribution in [0.4, 0.5) is 4.39 Å². The molecule has 3 nitrogen and oxygen atoms in total. The van der Waals surface area contributed by atoms with E-state index in [9.17, 15) is 12.8 Å². The molecular formula is C6H5FINO2S. The lowest BCUT2D eigenvalue weighted by atomic mass is 10.3. The normalized spacial score (nSPS) is 11.6. The van der Waals surface area contributed by atoms with Gasteiger partial charge in [-0.25, -0.2) is 17.9 Å². The minimum Gasteiger partial charge on any atom is -0.225 e. The highest BCUT2D eigenvalue weighted by molar-refractivity contribution is 14.1. The molecule has 66 valence electrons. The fraction of sp³-hybridized carbons (Fsp3) is 0. The Morgan fingerprint density at radius 1 is 1.42 bits per heavy atom. The highest BCUT2D eigenvalue weighted by atomic mass is 127. The van der Waals surface area contributed by atoms with Crippen LogP contribution in [0, 0.1) is 9.39 Å². The number of primary sulfonamides is 1. The zero-order valence-corrected chi connectivity index (χ0v) is 8.76. The predicted molar refractivity (Wildman–Crippen MR) is 50.5 cm³/mol. The smallest absolute Gasteiger partial charge is 0.225 e. The van der Waals surface area contributed by atoms with Crippen LogP contribution in [0.5, 0.6) is 0 Å². The molecule has 0 unspecified atom stereocenters. The average molecular weight is 301 g/mol. The molecule has 0 saturated carbocycles. The molecule has 12 heavy (non-hydrogen) atoms. The minimum absolute atomic E-state index is 0.178. The lowest BCUT2D eigenvalue weighted by Gasteiger charge is -2.00. The minimum atomic E-state index is -3.80. The summed E-state index contributed by atoms with van der Waals surface area (Å²) in [5.74, 6) is -0.612. The van der Waals surface area contributed by atoms with Gasteiger partial charge in [-0.15, -0.1) is 0 Å². The molecule has 0 amide bonds. The number of hydrogen-bond donors (Lipinski definition) is 1. The van der Waals surface area contributed by atoms with E-state index in [-0.39, 0.29) is 4.90 Å². The molecule has 1 aromatic carbocycles. The van der Waals surface area contributed by atoms with E-state index >= 15 is 0 Å². The Morgan fingerprint density at radius 3 is 2.42 bits per heavy atom. The first-order chi connectivity index (χ1) is 5.41. The third-order valence-corrected chi connectivity index (χ3v) is 3.46. The van der Waals surface area contributed by atoms with E-state index in [0.717, 1.165) is 6.07 Å². The summed E-state index contributed by atoms with van der Waals surface area (Å²) in [4.78, 5) is -0.178. The molecule has 0 aliphatic carbocycles. The van der Waals surface area contributed by atoms with Crippen molar-refractivity contribution in [2.45, 2.75) is 4.90 Å². The van der Waals surface area contributed by atoms with Crippen molar-refractivity contribution in [2.24, 2.45) is 5.14 Å². The van der Waals surface area contributed by atoms with Crippen molar-refractivity contribution in [3.05, 3.63) is 27.6 Å². The van der Waals surface area contributed by atoms with Crippen molar-refractivity contribution in [1.82, 2.24) is 0 Å². The second-order valence-corrected chi connectivity index (χ2v) is 4.81. The third kappa shape index (κ3) is 2.14. The lowest BCUT2D eigenvalue weighted by Crippen LogP contribution is -2.13. The molecule has 0 bridgehead atoms. The Labute approximate surface area is 83.0 Å². The van der Waals surface area contributed by atoms with Crippen LogP contribution in [0.15, 0.2) is 23.1 Å². The summed E-state index contributed by atoms with van der Waals surface area (Å²) in [5, 5.41) is 4.83. The molecule has 2 N–H and O–H groups in total. The summed E-state index contributed by atoms with van der Waals surface area (Å²) in [7, 11) is -3.80. The molecule has 0 saturated heterocycles. The molecule has 0 heterocycles. The van der Waals surface area contributed by atoms with Crippen LogP contribution >= 0.6 is 22.6 Å². The van der Waals surface area contributed by atoms with Gasteiger partial charge >= 0.3 is 0 Å². The highest BCUT2D eigenvalue weighted by Gasteiger charge is 2.12. The predicted octanol–water partition coefficient (Wildman–Crippen LogP) is 1.08. The van der Waals surface area contributed by atoms with E-state index in [1.807, 2.05) is 0 Å². The lowest BCUT2D eigenvalue weighted by molar-refractivity contribution is 0.591. The van der Waals surface area contributed by atoms with Crippen molar-refractivity contribution in [3.63, 3.8) is 0 Å². The number of rotatable bonds is 1. The first kappa shape index (κ1) is 9.87. The Bertz CT molecular complexity index is 404. The van der Waals surface area contributed by atoms with Gasteiger partial charge in [0.05, 0.1) is 4.90 Å². The maximum Gasteiger partial charge on any atom is 0.239 e. The Balaban J connectivity index is 3.43. The van der Waals surface area contributed by atoms with Crippen molar-refractivity contribution >= 4 is 32.6 Å². The SMILES string of the molecule is NS(=O)(=O)c1cc(F)ccc1I. The molecule has 0 aliphatic heterocycles. The number of benzene rings is 1. The maximum atomic E-state index is 12.6.